The summed E-state index contributed by atoms with van der Waals surface area (Å²) in [7, 11) is 0. The molecule has 1 aromatic carbocycles. The van der Waals surface area contributed by atoms with Gasteiger partial charge in [-0.25, -0.2) is 4.98 Å². The predicted octanol–water partition coefficient (Wildman–Crippen LogP) is 2.58. The van der Waals surface area contributed by atoms with E-state index >= 15 is 0 Å². The highest BCUT2D eigenvalue weighted by Gasteiger charge is 2.32. The minimum Gasteiger partial charge on any atom is -0.406 e. The van der Waals surface area contributed by atoms with Gasteiger partial charge in [0.1, 0.15) is 11.6 Å². The first kappa shape index (κ1) is 13.7. The average Bonchev–Trinajstić information content (AvgIpc) is 2.83. The van der Waals surface area contributed by atoms with Gasteiger partial charge in [-0.3, -0.25) is 14.3 Å². The van der Waals surface area contributed by atoms with Gasteiger partial charge in [-0.2, -0.15) is 0 Å². The number of hydrogen-bond donors (Lipinski definition) is 0. The van der Waals surface area contributed by atoms with Gasteiger partial charge in [0.25, 0.3) is 5.56 Å². The fourth-order valence-electron chi connectivity index (χ4n) is 2.74. The van der Waals surface area contributed by atoms with E-state index in [0.29, 0.717) is 28.0 Å². The van der Waals surface area contributed by atoms with Gasteiger partial charge < -0.3 is 4.74 Å². The molecule has 0 unspecified atom stereocenters. The van der Waals surface area contributed by atoms with Crippen molar-refractivity contribution in [2.45, 2.75) is 12.8 Å². The minimum absolute atomic E-state index is 0.254. The molecule has 0 aliphatic carbocycles. The van der Waals surface area contributed by atoms with Crippen molar-refractivity contribution in [3.63, 3.8) is 0 Å². The van der Waals surface area contributed by atoms with Crippen molar-refractivity contribution in [1.29, 1.82) is 0 Å². The van der Waals surface area contributed by atoms with E-state index in [1.807, 2.05) is 0 Å². The second kappa shape index (κ2) is 4.55. The Morgan fingerprint density at radius 1 is 1.22 bits per heavy atom. The number of hydrogen-bond acceptors (Lipinski definition) is 4. The van der Waals surface area contributed by atoms with E-state index in [2.05, 4.69) is 14.7 Å². The molecule has 1 aliphatic heterocycles. The van der Waals surface area contributed by atoms with Crippen LogP contribution in [0.1, 0.15) is 11.4 Å². The molecule has 8 heteroatoms. The number of ether oxygens (including phenoxy) is 1. The highest BCUT2D eigenvalue weighted by atomic mass is 19.4. The summed E-state index contributed by atoms with van der Waals surface area (Å²) in [5, 5.41) is 0.409. The normalized spacial score (nSPS) is 13.0. The largest absolute Gasteiger partial charge is 0.573 e. The summed E-state index contributed by atoms with van der Waals surface area (Å²) in [6, 6.07) is 5.46. The number of benzene rings is 1. The van der Waals surface area contributed by atoms with Crippen LogP contribution in [0.4, 0.5) is 13.2 Å². The lowest BCUT2D eigenvalue weighted by Gasteiger charge is -2.10. The molecule has 0 radical (unpaired) electrons. The topological polar surface area (TPSA) is 57.0 Å². The summed E-state index contributed by atoms with van der Waals surface area (Å²) >= 11 is 0. The van der Waals surface area contributed by atoms with E-state index in [1.165, 1.54) is 35.2 Å². The summed E-state index contributed by atoms with van der Waals surface area (Å²) in [5.74, 6) is 0.151. The van der Waals surface area contributed by atoms with Crippen molar-refractivity contribution in [3.05, 3.63) is 58.4 Å². The van der Waals surface area contributed by atoms with E-state index in [9.17, 15) is 18.0 Å². The van der Waals surface area contributed by atoms with Gasteiger partial charge in [-0.15, -0.1) is 13.2 Å². The van der Waals surface area contributed by atoms with Crippen LogP contribution in [0, 0.1) is 0 Å². The lowest BCUT2D eigenvalue weighted by Crippen LogP contribution is -2.20. The van der Waals surface area contributed by atoms with E-state index in [-0.39, 0.29) is 17.7 Å². The maximum absolute atomic E-state index is 12.6. The lowest BCUT2D eigenvalue weighted by molar-refractivity contribution is -0.274. The van der Waals surface area contributed by atoms with Gasteiger partial charge in [0, 0.05) is 12.6 Å². The van der Waals surface area contributed by atoms with Gasteiger partial charge in [-0.05, 0) is 29.8 Å². The van der Waals surface area contributed by atoms with Crippen LogP contribution in [-0.2, 0) is 6.42 Å². The van der Waals surface area contributed by atoms with Crippen LogP contribution in [0.15, 0.2) is 41.5 Å². The van der Waals surface area contributed by atoms with Crippen molar-refractivity contribution in [1.82, 2.24) is 14.5 Å². The van der Waals surface area contributed by atoms with Crippen LogP contribution < -0.4 is 10.3 Å². The van der Waals surface area contributed by atoms with Crippen molar-refractivity contribution < 1.29 is 17.9 Å². The van der Waals surface area contributed by atoms with Crippen LogP contribution in [0.25, 0.3) is 16.6 Å². The predicted molar refractivity (Wildman–Crippen MR) is 74.6 cm³/mol. The second-order valence-electron chi connectivity index (χ2n) is 5.08. The van der Waals surface area contributed by atoms with Gasteiger partial charge in [0.05, 0.1) is 22.8 Å². The van der Waals surface area contributed by atoms with Crippen LogP contribution >= 0.6 is 0 Å². The van der Waals surface area contributed by atoms with Gasteiger partial charge in [-0.1, -0.05) is 0 Å². The van der Waals surface area contributed by atoms with Crippen molar-refractivity contribution in [3.8, 4) is 11.4 Å². The minimum atomic E-state index is -4.75. The van der Waals surface area contributed by atoms with Crippen molar-refractivity contribution in [2.75, 3.05) is 0 Å². The highest BCUT2D eigenvalue weighted by Crippen LogP contribution is 2.31. The number of rotatable bonds is 1. The number of halogens is 3. The van der Waals surface area contributed by atoms with E-state index in [1.54, 1.807) is 6.07 Å². The molecule has 0 atom stereocenters. The SMILES string of the molecule is O=c1c2ccncc2nc2n1-c1ccc(OC(F)(F)F)cc1C2. The number of aromatic nitrogens is 3. The first-order chi connectivity index (χ1) is 10.9. The zero-order valence-electron chi connectivity index (χ0n) is 11.5. The summed E-state index contributed by atoms with van der Waals surface area (Å²) in [4.78, 5) is 20.9. The Kier molecular flexibility index (Phi) is 2.72. The first-order valence-corrected chi connectivity index (χ1v) is 6.67. The fourth-order valence-corrected chi connectivity index (χ4v) is 2.74. The third-order valence-electron chi connectivity index (χ3n) is 3.62. The quantitative estimate of drug-likeness (QED) is 0.541. The molecule has 4 rings (SSSR count). The Labute approximate surface area is 127 Å². The first-order valence-electron chi connectivity index (χ1n) is 6.67. The second-order valence-corrected chi connectivity index (χ2v) is 5.08. The third-order valence-corrected chi connectivity index (χ3v) is 3.62. The molecule has 2 aromatic heterocycles. The molecule has 0 amide bonds. The van der Waals surface area contributed by atoms with Crippen molar-refractivity contribution >= 4 is 10.9 Å². The molecular weight excluding hydrogens is 311 g/mol. The highest BCUT2D eigenvalue weighted by molar-refractivity contribution is 5.77. The molecular formula is C15H8F3N3O2. The molecule has 0 saturated carbocycles. The Bertz CT molecular complexity index is 995. The molecule has 116 valence electrons. The van der Waals surface area contributed by atoms with Crippen LogP contribution in [0.5, 0.6) is 5.75 Å². The van der Waals surface area contributed by atoms with Gasteiger partial charge in [0.2, 0.25) is 0 Å². The van der Waals surface area contributed by atoms with E-state index in [0.717, 1.165) is 0 Å². The number of pyridine rings is 1. The Hall–Kier alpha value is -2.90. The summed E-state index contributed by atoms with van der Waals surface area (Å²) in [6.45, 7) is 0. The zero-order valence-corrected chi connectivity index (χ0v) is 11.5. The molecule has 0 bridgehead atoms. The molecule has 3 heterocycles. The lowest BCUT2D eigenvalue weighted by atomic mass is 10.1. The molecule has 23 heavy (non-hydrogen) atoms. The zero-order chi connectivity index (χ0) is 16.2. The van der Waals surface area contributed by atoms with Gasteiger partial charge >= 0.3 is 6.36 Å². The molecule has 3 aromatic rings. The van der Waals surface area contributed by atoms with E-state index in [4.69, 9.17) is 0 Å². The van der Waals surface area contributed by atoms with Crippen LogP contribution in [0.3, 0.4) is 0 Å². The maximum atomic E-state index is 12.6. The molecule has 0 spiro atoms. The monoisotopic (exact) mass is 319 g/mol. The Balaban J connectivity index is 1.87. The summed E-state index contributed by atoms with van der Waals surface area (Å²) in [5.41, 5.74) is 1.27. The Morgan fingerprint density at radius 3 is 2.83 bits per heavy atom. The molecule has 0 saturated heterocycles. The molecule has 1 aliphatic rings. The number of nitrogens with zero attached hydrogens (tertiary/aromatic N) is 3. The Morgan fingerprint density at radius 2 is 2.04 bits per heavy atom. The van der Waals surface area contributed by atoms with Gasteiger partial charge in [0.15, 0.2) is 0 Å². The smallest absolute Gasteiger partial charge is 0.406 e. The molecule has 0 fully saturated rings. The average molecular weight is 319 g/mol. The van der Waals surface area contributed by atoms with Crippen LogP contribution in [0.2, 0.25) is 0 Å². The van der Waals surface area contributed by atoms with Crippen LogP contribution in [-0.4, -0.2) is 20.9 Å². The summed E-state index contributed by atoms with van der Waals surface area (Å²) < 4.78 is 42.3. The standard InChI is InChI=1S/C15H8F3N3O2/c16-15(17,18)23-9-1-2-12-8(5-9)6-13-20-11-7-19-4-3-10(11)14(22)21(12)13/h1-5,7H,6H2. The van der Waals surface area contributed by atoms with Crippen molar-refractivity contribution in [2.24, 2.45) is 0 Å². The maximum Gasteiger partial charge on any atom is 0.573 e. The van der Waals surface area contributed by atoms with E-state index < -0.39 is 6.36 Å². The number of alkyl halides is 3. The third kappa shape index (κ3) is 2.23. The molecule has 0 N–H and O–H groups in total. The fraction of sp³-hybridized carbons (Fsp3) is 0.133. The summed E-state index contributed by atoms with van der Waals surface area (Å²) in [6.07, 6.45) is -1.52. The number of fused-ring (bicyclic) bond motifs is 4. The molecule has 5 nitrogen and oxygen atoms in total.